The summed E-state index contributed by atoms with van der Waals surface area (Å²) in [6, 6.07) is 13.3. The number of hydrogen-bond acceptors (Lipinski definition) is 3. The normalized spacial score (nSPS) is 18.4. The number of benzene rings is 2. The van der Waals surface area contributed by atoms with Crippen LogP contribution >= 0.6 is 11.6 Å². The molecule has 0 spiro atoms. The van der Waals surface area contributed by atoms with Gasteiger partial charge < -0.3 is 4.90 Å². The Morgan fingerprint density at radius 2 is 1.64 bits per heavy atom. The maximum absolute atomic E-state index is 13.0. The molecule has 0 atom stereocenters. The van der Waals surface area contributed by atoms with Crippen LogP contribution in [0.1, 0.15) is 17.5 Å². The summed E-state index contributed by atoms with van der Waals surface area (Å²) in [6.07, 6.45) is 3.17. The van der Waals surface area contributed by atoms with Crippen LogP contribution in [0.25, 0.3) is 0 Å². The Hall–Kier alpha value is -1.56. The summed E-state index contributed by atoms with van der Waals surface area (Å²) in [7, 11) is -3.42. The molecular formula is C19H21ClN2O2S. The van der Waals surface area contributed by atoms with E-state index in [1.807, 2.05) is 36.4 Å². The maximum Gasteiger partial charge on any atom is 0.243 e. The van der Waals surface area contributed by atoms with E-state index in [0.717, 1.165) is 24.9 Å². The number of aryl methyl sites for hydroxylation is 2. The first-order valence-corrected chi connectivity index (χ1v) is 10.5. The number of piperazine rings is 1. The summed E-state index contributed by atoms with van der Waals surface area (Å²) in [5.74, 6) is 0. The van der Waals surface area contributed by atoms with Crippen LogP contribution in [0.3, 0.4) is 0 Å². The van der Waals surface area contributed by atoms with Crippen molar-refractivity contribution >= 4 is 27.3 Å². The van der Waals surface area contributed by atoms with E-state index in [4.69, 9.17) is 11.6 Å². The number of halogens is 1. The van der Waals surface area contributed by atoms with Crippen molar-refractivity contribution in [2.24, 2.45) is 0 Å². The molecular weight excluding hydrogens is 356 g/mol. The fourth-order valence-corrected chi connectivity index (χ4v) is 5.38. The van der Waals surface area contributed by atoms with Crippen molar-refractivity contribution in [2.45, 2.75) is 24.2 Å². The molecule has 4 nitrogen and oxygen atoms in total. The van der Waals surface area contributed by atoms with Gasteiger partial charge in [-0.15, -0.1) is 0 Å². The highest BCUT2D eigenvalue weighted by molar-refractivity contribution is 7.89. The summed E-state index contributed by atoms with van der Waals surface area (Å²) < 4.78 is 27.5. The van der Waals surface area contributed by atoms with Crippen molar-refractivity contribution < 1.29 is 8.42 Å². The van der Waals surface area contributed by atoms with Crippen LogP contribution < -0.4 is 4.90 Å². The zero-order valence-electron chi connectivity index (χ0n) is 14.0. The molecule has 0 bridgehead atoms. The van der Waals surface area contributed by atoms with Crippen molar-refractivity contribution in [1.82, 2.24) is 4.31 Å². The van der Waals surface area contributed by atoms with Crippen molar-refractivity contribution in [3.05, 3.63) is 58.6 Å². The minimum atomic E-state index is -3.42. The second-order valence-electron chi connectivity index (χ2n) is 6.66. The average Bonchev–Trinajstić information content (AvgIpc) is 3.09. The van der Waals surface area contributed by atoms with Gasteiger partial charge in [-0.25, -0.2) is 8.42 Å². The van der Waals surface area contributed by atoms with Gasteiger partial charge in [0.2, 0.25) is 10.0 Å². The number of anilines is 1. The van der Waals surface area contributed by atoms with Gasteiger partial charge in [0.05, 0.1) is 4.90 Å². The van der Waals surface area contributed by atoms with Gasteiger partial charge in [-0.3, -0.25) is 0 Å². The fraction of sp³-hybridized carbons (Fsp3) is 0.368. The monoisotopic (exact) mass is 376 g/mol. The standard InChI is InChI=1S/C19H21ClN2O2S/c20-17-5-2-6-18(14-17)21-9-11-22(12-10-21)25(23,24)19-8-7-15-3-1-4-16(15)13-19/h2,5-8,13-14H,1,3-4,9-12H2. The molecule has 1 heterocycles. The minimum absolute atomic E-state index is 0.435. The molecule has 2 aromatic carbocycles. The zero-order chi connectivity index (χ0) is 17.4. The van der Waals surface area contributed by atoms with Gasteiger partial charge in [-0.2, -0.15) is 4.31 Å². The van der Waals surface area contributed by atoms with Crippen LogP contribution in [0.4, 0.5) is 5.69 Å². The van der Waals surface area contributed by atoms with E-state index >= 15 is 0 Å². The lowest BCUT2D eigenvalue weighted by Gasteiger charge is -2.35. The molecule has 1 fully saturated rings. The summed E-state index contributed by atoms with van der Waals surface area (Å²) in [4.78, 5) is 2.62. The lowest BCUT2D eigenvalue weighted by atomic mass is 10.1. The van der Waals surface area contributed by atoms with Crippen LogP contribution in [0, 0.1) is 0 Å². The lowest BCUT2D eigenvalue weighted by molar-refractivity contribution is 0.385. The number of hydrogen-bond donors (Lipinski definition) is 0. The molecule has 1 aliphatic heterocycles. The summed E-state index contributed by atoms with van der Waals surface area (Å²) >= 11 is 6.06. The van der Waals surface area contributed by atoms with E-state index in [-0.39, 0.29) is 0 Å². The SMILES string of the molecule is O=S(=O)(c1ccc2c(c1)CCC2)N1CCN(c2cccc(Cl)c2)CC1. The van der Waals surface area contributed by atoms with Crippen molar-refractivity contribution in [1.29, 1.82) is 0 Å². The molecule has 0 amide bonds. The van der Waals surface area contributed by atoms with Gasteiger partial charge >= 0.3 is 0 Å². The number of rotatable bonds is 3. The molecule has 4 rings (SSSR count). The van der Waals surface area contributed by atoms with Gasteiger partial charge in [0, 0.05) is 36.9 Å². The molecule has 0 unspecified atom stereocenters. The quantitative estimate of drug-likeness (QED) is 0.824. The molecule has 6 heteroatoms. The Morgan fingerprint density at radius 1 is 0.880 bits per heavy atom. The molecule has 1 aliphatic carbocycles. The Morgan fingerprint density at radius 3 is 2.40 bits per heavy atom. The summed E-state index contributed by atoms with van der Waals surface area (Å²) in [5, 5.41) is 0.700. The topological polar surface area (TPSA) is 40.6 Å². The highest BCUT2D eigenvalue weighted by atomic mass is 35.5. The molecule has 0 N–H and O–H groups in total. The van der Waals surface area contributed by atoms with Crippen molar-refractivity contribution in [2.75, 3.05) is 31.1 Å². The predicted octanol–water partition coefficient (Wildman–Crippen LogP) is 3.34. The van der Waals surface area contributed by atoms with E-state index in [9.17, 15) is 8.42 Å². The first-order valence-electron chi connectivity index (χ1n) is 8.66. The van der Waals surface area contributed by atoms with E-state index in [0.29, 0.717) is 36.1 Å². The zero-order valence-corrected chi connectivity index (χ0v) is 15.6. The fourth-order valence-electron chi connectivity index (χ4n) is 3.72. The molecule has 25 heavy (non-hydrogen) atoms. The third-order valence-electron chi connectivity index (χ3n) is 5.12. The second-order valence-corrected chi connectivity index (χ2v) is 9.03. The number of fused-ring (bicyclic) bond motifs is 1. The average molecular weight is 377 g/mol. The third kappa shape index (κ3) is 3.28. The van der Waals surface area contributed by atoms with Crippen LogP contribution in [0.5, 0.6) is 0 Å². The first-order chi connectivity index (χ1) is 12.0. The lowest BCUT2D eigenvalue weighted by Crippen LogP contribution is -2.48. The molecule has 1 saturated heterocycles. The predicted molar refractivity (Wildman–Crippen MR) is 101 cm³/mol. The van der Waals surface area contributed by atoms with Crippen molar-refractivity contribution in [3.63, 3.8) is 0 Å². The van der Waals surface area contributed by atoms with Gasteiger partial charge in [-0.05, 0) is 60.7 Å². The van der Waals surface area contributed by atoms with E-state index in [1.54, 1.807) is 10.4 Å². The Bertz CT molecular complexity index is 890. The van der Waals surface area contributed by atoms with Gasteiger partial charge in [0.25, 0.3) is 0 Å². The summed E-state index contributed by atoms with van der Waals surface area (Å²) in [5.41, 5.74) is 3.53. The molecule has 2 aromatic rings. The van der Waals surface area contributed by atoms with Crippen LogP contribution in [0.15, 0.2) is 47.4 Å². The molecule has 0 saturated carbocycles. The van der Waals surface area contributed by atoms with Gasteiger partial charge in [-0.1, -0.05) is 23.7 Å². The largest absolute Gasteiger partial charge is 0.369 e. The van der Waals surface area contributed by atoms with Gasteiger partial charge in [0.1, 0.15) is 0 Å². The second kappa shape index (κ2) is 6.63. The Labute approximate surface area is 154 Å². The van der Waals surface area contributed by atoms with Crippen LogP contribution in [0.2, 0.25) is 5.02 Å². The Kier molecular flexibility index (Phi) is 4.48. The first kappa shape index (κ1) is 16.9. The smallest absolute Gasteiger partial charge is 0.243 e. The molecule has 0 aromatic heterocycles. The highest BCUT2D eigenvalue weighted by Gasteiger charge is 2.29. The Balaban J connectivity index is 1.50. The van der Waals surface area contributed by atoms with E-state index in [2.05, 4.69) is 4.90 Å². The number of nitrogens with zero attached hydrogens (tertiary/aromatic N) is 2. The van der Waals surface area contributed by atoms with Crippen LogP contribution in [-0.2, 0) is 22.9 Å². The maximum atomic E-state index is 13.0. The van der Waals surface area contributed by atoms with Gasteiger partial charge in [0.15, 0.2) is 0 Å². The molecule has 132 valence electrons. The van der Waals surface area contributed by atoms with E-state index in [1.165, 1.54) is 11.1 Å². The molecule has 2 aliphatic rings. The highest BCUT2D eigenvalue weighted by Crippen LogP contribution is 2.27. The number of sulfonamides is 1. The van der Waals surface area contributed by atoms with Crippen molar-refractivity contribution in [3.8, 4) is 0 Å². The summed E-state index contributed by atoms with van der Waals surface area (Å²) in [6.45, 7) is 2.33. The van der Waals surface area contributed by atoms with Crippen LogP contribution in [-0.4, -0.2) is 38.9 Å². The van der Waals surface area contributed by atoms with E-state index < -0.39 is 10.0 Å². The minimum Gasteiger partial charge on any atom is -0.369 e. The third-order valence-corrected chi connectivity index (χ3v) is 7.25. The molecule has 0 radical (unpaired) electrons.